The molecule has 2 N–H and O–H groups in total. The molecule has 2 amide bonds. The van der Waals surface area contributed by atoms with Crippen LogP contribution in [0.25, 0.3) is 0 Å². The van der Waals surface area contributed by atoms with E-state index in [-0.39, 0.29) is 10.7 Å². The Bertz CT molecular complexity index is 686. The van der Waals surface area contributed by atoms with E-state index in [9.17, 15) is 14.0 Å². The molecule has 108 valence electrons. The lowest BCUT2D eigenvalue weighted by Gasteiger charge is -2.04. The zero-order valence-electron chi connectivity index (χ0n) is 10.5. The lowest BCUT2D eigenvalue weighted by atomic mass is 10.3. The lowest BCUT2D eigenvalue weighted by Crippen LogP contribution is -2.32. The van der Waals surface area contributed by atoms with Crippen LogP contribution in [0.15, 0.2) is 46.1 Å². The number of rotatable bonds is 3. The third-order valence-corrected chi connectivity index (χ3v) is 2.57. The van der Waals surface area contributed by atoms with Crippen LogP contribution in [0.4, 0.5) is 10.1 Å². The highest BCUT2D eigenvalue weighted by Crippen LogP contribution is 2.19. The van der Waals surface area contributed by atoms with Crippen LogP contribution >= 0.6 is 11.6 Å². The standard InChI is InChI=1S/C13H9ClFN3O3/c14-10-6-8(3-4-11(10)15)17-12(19)13(20)18-16-7-9-2-1-5-21-9/h1-7H,(H,17,19)(H,18,20)/b16-7+. The number of furan rings is 1. The maximum absolute atomic E-state index is 12.9. The average molecular weight is 310 g/mol. The van der Waals surface area contributed by atoms with E-state index < -0.39 is 17.6 Å². The van der Waals surface area contributed by atoms with Gasteiger partial charge in [0.15, 0.2) is 0 Å². The number of hydrogen-bond donors (Lipinski definition) is 2. The number of amides is 2. The van der Waals surface area contributed by atoms with Crippen molar-refractivity contribution in [3.05, 3.63) is 53.2 Å². The van der Waals surface area contributed by atoms with E-state index in [1.54, 1.807) is 12.1 Å². The first-order chi connectivity index (χ1) is 10.1. The number of carbonyl (C=O) groups excluding carboxylic acids is 2. The highest BCUT2D eigenvalue weighted by molar-refractivity contribution is 6.39. The fourth-order valence-electron chi connectivity index (χ4n) is 1.33. The predicted molar refractivity (Wildman–Crippen MR) is 74.5 cm³/mol. The summed E-state index contributed by atoms with van der Waals surface area (Å²) in [6.45, 7) is 0. The largest absolute Gasteiger partial charge is 0.463 e. The van der Waals surface area contributed by atoms with Gasteiger partial charge >= 0.3 is 11.8 Å². The van der Waals surface area contributed by atoms with E-state index in [1.807, 2.05) is 5.43 Å². The lowest BCUT2D eigenvalue weighted by molar-refractivity contribution is -0.136. The second-order valence-electron chi connectivity index (χ2n) is 3.80. The molecule has 2 rings (SSSR count). The SMILES string of the molecule is O=C(N/N=C/c1ccco1)C(=O)Nc1ccc(F)c(Cl)c1. The molecule has 0 fully saturated rings. The van der Waals surface area contributed by atoms with Gasteiger partial charge in [0, 0.05) is 5.69 Å². The minimum Gasteiger partial charge on any atom is -0.463 e. The molecule has 1 heterocycles. The highest BCUT2D eigenvalue weighted by atomic mass is 35.5. The van der Waals surface area contributed by atoms with E-state index in [2.05, 4.69) is 10.4 Å². The summed E-state index contributed by atoms with van der Waals surface area (Å²) in [5.41, 5.74) is 2.21. The zero-order valence-corrected chi connectivity index (χ0v) is 11.2. The van der Waals surface area contributed by atoms with E-state index in [1.165, 1.54) is 24.6 Å². The van der Waals surface area contributed by atoms with Crippen LogP contribution < -0.4 is 10.7 Å². The van der Waals surface area contributed by atoms with Crippen molar-refractivity contribution in [2.24, 2.45) is 5.10 Å². The molecule has 1 aromatic heterocycles. The molecule has 21 heavy (non-hydrogen) atoms. The van der Waals surface area contributed by atoms with Crippen molar-refractivity contribution in [2.75, 3.05) is 5.32 Å². The third-order valence-electron chi connectivity index (χ3n) is 2.28. The van der Waals surface area contributed by atoms with Crippen LogP contribution in [-0.2, 0) is 9.59 Å². The molecule has 0 spiro atoms. The summed E-state index contributed by atoms with van der Waals surface area (Å²) < 4.78 is 17.9. The molecular weight excluding hydrogens is 301 g/mol. The van der Waals surface area contributed by atoms with Crippen LogP contribution in [0.3, 0.4) is 0 Å². The quantitative estimate of drug-likeness (QED) is 0.518. The summed E-state index contributed by atoms with van der Waals surface area (Å²) in [6.07, 6.45) is 2.67. The monoisotopic (exact) mass is 309 g/mol. The fraction of sp³-hybridized carbons (Fsp3) is 0. The molecule has 6 nitrogen and oxygen atoms in total. The molecule has 2 aromatic rings. The Morgan fingerprint density at radius 1 is 1.29 bits per heavy atom. The van der Waals surface area contributed by atoms with Crippen molar-refractivity contribution in [3.63, 3.8) is 0 Å². The van der Waals surface area contributed by atoms with Gasteiger partial charge in [0.2, 0.25) is 0 Å². The van der Waals surface area contributed by atoms with Gasteiger partial charge in [0.1, 0.15) is 11.6 Å². The molecule has 0 unspecified atom stereocenters. The van der Waals surface area contributed by atoms with Crippen molar-refractivity contribution in [1.29, 1.82) is 0 Å². The minimum absolute atomic E-state index is 0.163. The number of nitrogens with zero attached hydrogens (tertiary/aromatic N) is 1. The van der Waals surface area contributed by atoms with E-state index in [4.69, 9.17) is 16.0 Å². The van der Waals surface area contributed by atoms with Crippen molar-refractivity contribution in [3.8, 4) is 0 Å². The van der Waals surface area contributed by atoms with Gasteiger partial charge in [-0.1, -0.05) is 11.6 Å². The Morgan fingerprint density at radius 3 is 2.76 bits per heavy atom. The Labute approximate surface area is 123 Å². The van der Waals surface area contributed by atoms with Gasteiger partial charge in [0.25, 0.3) is 0 Å². The Balaban J connectivity index is 1.90. The maximum Gasteiger partial charge on any atom is 0.329 e. The van der Waals surface area contributed by atoms with Gasteiger partial charge in [-0.3, -0.25) is 9.59 Å². The van der Waals surface area contributed by atoms with Crippen LogP contribution in [0, 0.1) is 5.82 Å². The van der Waals surface area contributed by atoms with Crippen LogP contribution in [0.1, 0.15) is 5.76 Å². The molecule has 0 radical (unpaired) electrons. The van der Waals surface area contributed by atoms with Crippen molar-refractivity contribution in [1.82, 2.24) is 5.43 Å². The smallest absolute Gasteiger partial charge is 0.329 e. The summed E-state index contributed by atoms with van der Waals surface area (Å²) in [7, 11) is 0. The van der Waals surface area contributed by atoms with Crippen molar-refractivity contribution >= 4 is 35.3 Å². The molecule has 0 aliphatic rings. The second-order valence-corrected chi connectivity index (χ2v) is 4.20. The molecule has 1 aromatic carbocycles. The summed E-state index contributed by atoms with van der Waals surface area (Å²) in [5, 5.41) is 5.63. The van der Waals surface area contributed by atoms with Gasteiger partial charge in [-0.05, 0) is 30.3 Å². The minimum atomic E-state index is -0.988. The summed E-state index contributed by atoms with van der Waals surface area (Å²) in [6, 6.07) is 6.81. The zero-order chi connectivity index (χ0) is 15.2. The number of hydrazone groups is 1. The number of hydrogen-bond acceptors (Lipinski definition) is 4. The number of nitrogens with one attached hydrogen (secondary N) is 2. The first kappa shape index (κ1) is 14.7. The Morgan fingerprint density at radius 2 is 2.10 bits per heavy atom. The van der Waals surface area contributed by atoms with Crippen LogP contribution in [-0.4, -0.2) is 18.0 Å². The van der Waals surface area contributed by atoms with Gasteiger partial charge in [0.05, 0.1) is 17.5 Å². The molecule has 0 saturated carbocycles. The van der Waals surface area contributed by atoms with Crippen molar-refractivity contribution < 1.29 is 18.4 Å². The molecule has 0 aliphatic heterocycles. The first-order valence-corrected chi connectivity index (χ1v) is 6.07. The molecular formula is C13H9ClFN3O3. The number of halogens is 2. The molecule has 0 atom stereocenters. The topological polar surface area (TPSA) is 83.7 Å². The van der Waals surface area contributed by atoms with Gasteiger partial charge in [-0.15, -0.1) is 0 Å². The molecule has 0 bridgehead atoms. The Hall–Kier alpha value is -2.67. The van der Waals surface area contributed by atoms with Gasteiger partial charge in [-0.25, -0.2) is 9.82 Å². The summed E-state index contributed by atoms with van der Waals surface area (Å²) in [5.74, 6) is -2.16. The number of benzene rings is 1. The van der Waals surface area contributed by atoms with Crippen molar-refractivity contribution in [2.45, 2.75) is 0 Å². The molecule has 0 aliphatic carbocycles. The molecule has 0 saturated heterocycles. The van der Waals surface area contributed by atoms with Crippen LogP contribution in [0.5, 0.6) is 0 Å². The number of anilines is 1. The summed E-state index contributed by atoms with van der Waals surface area (Å²) >= 11 is 5.56. The van der Waals surface area contributed by atoms with Gasteiger partial charge < -0.3 is 9.73 Å². The van der Waals surface area contributed by atoms with Gasteiger partial charge in [-0.2, -0.15) is 5.10 Å². The fourth-order valence-corrected chi connectivity index (χ4v) is 1.51. The van der Waals surface area contributed by atoms with E-state index in [0.717, 1.165) is 6.07 Å². The third kappa shape index (κ3) is 4.15. The van der Waals surface area contributed by atoms with E-state index >= 15 is 0 Å². The number of carbonyl (C=O) groups is 2. The highest BCUT2D eigenvalue weighted by Gasteiger charge is 2.13. The normalized spacial score (nSPS) is 10.6. The maximum atomic E-state index is 12.9. The predicted octanol–water partition coefficient (Wildman–Crippen LogP) is 2.16. The average Bonchev–Trinajstić information content (AvgIpc) is 2.96. The first-order valence-electron chi connectivity index (χ1n) is 5.69. The Kier molecular flexibility index (Phi) is 4.68. The van der Waals surface area contributed by atoms with Crippen LogP contribution in [0.2, 0.25) is 5.02 Å². The summed E-state index contributed by atoms with van der Waals surface area (Å²) in [4.78, 5) is 23.0. The molecule has 8 heteroatoms. The second kappa shape index (κ2) is 6.67. The van der Waals surface area contributed by atoms with E-state index in [0.29, 0.717) is 5.76 Å².